The maximum Gasteiger partial charge on any atom is 0.309 e. The molecule has 1 fully saturated rings. The van der Waals surface area contributed by atoms with E-state index in [0.29, 0.717) is 12.5 Å². The van der Waals surface area contributed by atoms with Crippen LogP contribution in [0.3, 0.4) is 0 Å². The largest absolute Gasteiger partial charge is 0.481 e. The van der Waals surface area contributed by atoms with Crippen LogP contribution in [0.25, 0.3) is 0 Å². The minimum Gasteiger partial charge on any atom is -0.481 e. The predicted molar refractivity (Wildman–Crippen MR) is 67.1 cm³/mol. The molecule has 1 unspecified atom stereocenters. The standard InChI is InChI=1S/C13H25NO3/c1-13(2,12(15)16)7-8-14(3)10-11-6-4-5-9-17-11/h11H,4-10H2,1-3H3,(H,15,16). The monoisotopic (exact) mass is 243 g/mol. The van der Waals surface area contributed by atoms with Crippen molar-refractivity contribution in [3.8, 4) is 0 Å². The molecule has 0 bridgehead atoms. The van der Waals surface area contributed by atoms with Crippen molar-refractivity contribution in [3.05, 3.63) is 0 Å². The van der Waals surface area contributed by atoms with Gasteiger partial charge in [0.1, 0.15) is 0 Å². The topological polar surface area (TPSA) is 49.8 Å². The fraction of sp³-hybridized carbons (Fsp3) is 0.923. The second-order valence-corrected chi connectivity index (χ2v) is 5.69. The highest BCUT2D eigenvalue weighted by molar-refractivity contribution is 5.73. The van der Waals surface area contributed by atoms with Crippen LogP contribution in [0.2, 0.25) is 0 Å². The Morgan fingerprint density at radius 3 is 2.71 bits per heavy atom. The van der Waals surface area contributed by atoms with E-state index in [1.807, 2.05) is 7.05 Å². The maximum absolute atomic E-state index is 11.0. The first kappa shape index (κ1) is 14.5. The first-order valence-corrected chi connectivity index (χ1v) is 6.45. The number of aliphatic carboxylic acids is 1. The van der Waals surface area contributed by atoms with Gasteiger partial charge in [-0.2, -0.15) is 0 Å². The lowest BCUT2D eigenvalue weighted by Crippen LogP contribution is -2.36. The molecule has 1 N–H and O–H groups in total. The van der Waals surface area contributed by atoms with Crippen LogP contribution in [0.1, 0.15) is 39.5 Å². The van der Waals surface area contributed by atoms with E-state index in [0.717, 1.165) is 26.1 Å². The zero-order chi connectivity index (χ0) is 12.9. The van der Waals surface area contributed by atoms with Gasteiger partial charge in [-0.1, -0.05) is 0 Å². The van der Waals surface area contributed by atoms with E-state index in [9.17, 15) is 4.79 Å². The van der Waals surface area contributed by atoms with Crippen molar-refractivity contribution < 1.29 is 14.6 Å². The molecule has 1 aliphatic rings. The van der Waals surface area contributed by atoms with Gasteiger partial charge in [0.25, 0.3) is 0 Å². The molecule has 0 radical (unpaired) electrons. The van der Waals surface area contributed by atoms with E-state index >= 15 is 0 Å². The van der Waals surface area contributed by atoms with Gasteiger partial charge in [0, 0.05) is 13.2 Å². The third-order valence-electron chi connectivity index (χ3n) is 3.49. The molecule has 17 heavy (non-hydrogen) atoms. The van der Waals surface area contributed by atoms with Crippen molar-refractivity contribution in [2.75, 3.05) is 26.7 Å². The number of likely N-dealkylation sites (N-methyl/N-ethyl adjacent to an activating group) is 1. The fourth-order valence-electron chi connectivity index (χ4n) is 1.97. The summed E-state index contributed by atoms with van der Waals surface area (Å²) in [7, 11) is 2.04. The molecular formula is C13H25NO3. The normalized spacial score (nSPS) is 21.8. The third-order valence-corrected chi connectivity index (χ3v) is 3.49. The van der Waals surface area contributed by atoms with Crippen LogP contribution in [0.4, 0.5) is 0 Å². The molecule has 0 saturated carbocycles. The highest BCUT2D eigenvalue weighted by Gasteiger charge is 2.27. The average Bonchev–Trinajstić information content (AvgIpc) is 2.28. The van der Waals surface area contributed by atoms with E-state index in [1.165, 1.54) is 12.8 Å². The highest BCUT2D eigenvalue weighted by atomic mass is 16.5. The smallest absolute Gasteiger partial charge is 0.309 e. The number of carbonyl (C=O) groups is 1. The lowest BCUT2D eigenvalue weighted by molar-refractivity contribution is -0.147. The predicted octanol–water partition coefficient (Wildman–Crippen LogP) is 1.99. The van der Waals surface area contributed by atoms with Crippen molar-refractivity contribution in [3.63, 3.8) is 0 Å². The Morgan fingerprint density at radius 2 is 2.18 bits per heavy atom. The summed E-state index contributed by atoms with van der Waals surface area (Å²) >= 11 is 0. The summed E-state index contributed by atoms with van der Waals surface area (Å²) in [6.07, 6.45) is 4.56. The molecule has 1 atom stereocenters. The number of ether oxygens (including phenoxy) is 1. The summed E-state index contributed by atoms with van der Waals surface area (Å²) in [5.41, 5.74) is -0.637. The number of nitrogens with zero attached hydrogens (tertiary/aromatic N) is 1. The number of hydrogen-bond acceptors (Lipinski definition) is 3. The van der Waals surface area contributed by atoms with Gasteiger partial charge >= 0.3 is 5.97 Å². The van der Waals surface area contributed by atoms with Gasteiger partial charge in [-0.25, -0.2) is 0 Å². The average molecular weight is 243 g/mol. The number of rotatable bonds is 6. The SMILES string of the molecule is CN(CCC(C)(C)C(=O)O)CC1CCCCO1. The summed E-state index contributed by atoms with van der Waals surface area (Å²) in [4.78, 5) is 13.2. The number of carboxylic acids is 1. The molecule has 0 aliphatic carbocycles. The Labute approximate surface area is 104 Å². The molecule has 0 aromatic rings. The van der Waals surface area contributed by atoms with Crippen LogP contribution in [0, 0.1) is 5.41 Å². The fourth-order valence-corrected chi connectivity index (χ4v) is 1.97. The van der Waals surface area contributed by atoms with Crippen LogP contribution >= 0.6 is 0 Å². The Morgan fingerprint density at radius 1 is 1.47 bits per heavy atom. The lowest BCUT2D eigenvalue weighted by Gasteiger charge is -2.29. The van der Waals surface area contributed by atoms with E-state index in [2.05, 4.69) is 4.90 Å². The quantitative estimate of drug-likeness (QED) is 0.775. The first-order valence-electron chi connectivity index (χ1n) is 6.45. The van der Waals surface area contributed by atoms with Gasteiger partial charge in [-0.05, 0) is 53.1 Å². The van der Waals surface area contributed by atoms with Crippen LogP contribution in [-0.4, -0.2) is 48.8 Å². The molecule has 1 heterocycles. The van der Waals surface area contributed by atoms with Gasteiger partial charge in [0.05, 0.1) is 11.5 Å². The zero-order valence-corrected chi connectivity index (χ0v) is 11.2. The Hall–Kier alpha value is -0.610. The third kappa shape index (κ3) is 5.04. The number of carboxylic acid groups (broad SMARTS) is 1. The van der Waals surface area contributed by atoms with Gasteiger partial charge < -0.3 is 14.7 Å². The van der Waals surface area contributed by atoms with Crippen LogP contribution < -0.4 is 0 Å². The Kier molecular flexibility index (Phi) is 5.40. The van der Waals surface area contributed by atoms with Crippen molar-refractivity contribution in [1.82, 2.24) is 4.90 Å². The maximum atomic E-state index is 11.0. The summed E-state index contributed by atoms with van der Waals surface area (Å²) in [6.45, 7) is 6.15. The molecule has 0 amide bonds. The molecule has 1 rings (SSSR count). The van der Waals surface area contributed by atoms with Crippen LogP contribution in [0.5, 0.6) is 0 Å². The first-order chi connectivity index (χ1) is 7.92. The molecule has 0 aromatic heterocycles. The van der Waals surface area contributed by atoms with Crippen LogP contribution in [-0.2, 0) is 9.53 Å². The van der Waals surface area contributed by atoms with Crippen molar-refractivity contribution >= 4 is 5.97 Å². The summed E-state index contributed by atoms with van der Waals surface area (Å²) in [6, 6.07) is 0. The van der Waals surface area contributed by atoms with Gasteiger partial charge in [-0.15, -0.1) is 0 Å². The van der Waals surface area contributed by atoms with E-state index in [4.69, 9.17) is 9.84 Å². The molecule has 0 spiro atoms. The second kappa shape index (κ2) is 6.36. The lowest BCUT2D eigenvalue weighted by atomic mass is 9.89. The zero-order valence-electron chi connectivity index (χ0n) is 11.2. The van der Waals surface area contributed by atoms with Crippen molar-refractivity contribution in [1.29, 1.82) is 0 Å². The van der Waals surface area contributed by atoms with Crippen molar-refractivity contribution in [2.24, 2.45) is 5.41 Å². The summed E-state index contributed by atoms with van der Waals surface area (Å²) < 4.78 is 5.67. The van der Waals surface area contributed by atoms with Gasteiger partial charge in [-0.3, -0.25) is 4.79 Å². The molecule has 100 valence electrons. The van der Waals surface area contributed by atoms with Crippen LogP contribution in [0.15, 0.2) is 0 Å². The Bertz CT molecular complexity index is 247. The molecule has 1 saturated heterocycles. The molecule has 4 heteroatoms. The van der Waals surface area contributed by atoms with E-state index in [-0.39, 0.29) is 0 Å². The molecular weight excluding hydrogens is 218 g/mol. The van der Waals surface area contributed by atoms with Crippen molar-refractivity contribution in [2.45, 2.75) is 45.6 Å². The molecule has 4 nitrogen and oxygen atoms in total. The second-order valence-electron chi connectivity index (χ2n) is 5.69. The minimum absolute atomic E-state index is 0.335. The van der Waals surface area contributed by atoms with Gasteiger partial charge in [0.2, 0.25) is 0 Å². The molecule has 0 aromatic carbocycles. The summed E-state index contributed by atoms with van der Waals surface area (Å²) in [5.74, 6) is -0.722. The number of hydrogen-bond donors (Lipinski definition) is 1. The summed E-state index contributed by atoms with van der Waals surface area (Å²) in [5, 5.41) is 9.03. The molecule has 1 aliphatic heterocycles. The van der Waals surface area contributed by atoms with Gasteiger partial charge in [0.15, 0.2) is 0 Å². The van der Waals surface area contributed by atoms with E-state index < -0.39 is 11.4 Å². The highest BCUT2D eigenvalue weighted by Crippen LogP contribution is 2.21. The minimum atomic E-state index is -0.722. The van der Waals surface area contributed by atoms with E-state index in [1.54, 1.807) is 13.8 Å². The Balaban J connectivity index is 2.24.